The summed E-state index contributed by atoms with van der Waals surface area (Å²) in [4.78, 5) is 11.0. The van der Waals surface area contributed by atoms with Crippen LogP contribution < -0.4 is 4.90 Å². The lowest BCUT2D eigenvalue weighted by molar-refractivity contribution is 0.337. The molecule has 138 valence electrons. The zero-order chi connectivity index (χ0) is 19.2. The summed E-state index contributed by atoms with van der Waals surface area (Å²) >= 11 is 0. The van der Waals surface area contributed by atoms with Gasteiger partial charge < -0.3 is 9.88 Å². The molecule has 0 aliphatic carbocycles. The molecule has 1 N–H and O–H groups in total. The van der Waals surface area contributed by atoms with Crippen molar-refractivity contribution in [3.05, 3.63) is 42.1 Å². The van der Waals surface area contributed by atoms with E-state index in [2.05, 4.69) is 27.0 Å². The Morgan fingerprint density at radius 1 is 1.33 bits per heavy atom. The molecule has 1 saturated heterocycles. The van der Waals surface area contributed by atoms with Crippen LogP contribution in [0.4, 0.5) is 5.69 Å². The largest absolute Gasteiger partial charge is 0.368 e. The maximum Gasteiger partial charge on any atom is 0.0894 e. The number of aryl methyl sites for hydroxylation is 1. The van der Waals surface area contributed by atoms with Gasteiger partial charge in [-0.1, -0.05) is 6.92 Å². The van der Waals surface area contributed by atoms with Gasteiger partial charge in [0.1, 0.15) is 0 Å². The molecule has 0 spiro atoms. The van der Waals surface area contributed by atoms with Gasteiger partial charge >= 0.3 is 0 Å². The topological polar surface area (TPSA) is 72.8 Å². The van der Waals surface area contributed by atoms with Gasteiger partial charge in [-0.05, 0) is 49.7 Å². The highest BCUT2D eigenvalue weighted by atomic mass is 32.2. The molecule has 1 aliphatic rings. The van der Waals surface area contributed by atoms with Crippen molar-refractivity contribution < 1.29 is 4.21 Å². The molecule has 0 amide bonds. The Bertz CT molecular complexity index is 1090. The number of H-pyrrole nitrogens is 1. The number of aromatic nitrogens is 2. The molecule has 5 nitrogen and oxygen atoms in total. The molecule has 1 unspecified atom stereocenters. The summed E-state index contributed by atoms with van der Waals surface area (Å²) in [6.45, 7) is 7.33. The van der Waals surface area contributed by atoms with E-state index >= 15 is 0 Å². The van der Waals surface area contributed by atoms with Gasteiger partial charge in [-0.2, -0.15) is 5.26 Å². The molecule has 3 aromatic rings. The molecule has 1 atom stereocenters. The number of hydrogen-bond acceptors (Lipinski definition) is 4. The fourth-order valence-electron chi connectivity index (χ4n) is 3.61. The molecule has 0 radical (unpaired) electrons. The number of fused-ring (bicyclic) bond motifs is 1. The van der Waals surface area contributed by atoms with E-state index in [9.17, 15) is 9.47 Å². The second kappa shape index (κ2) is 6.50. The zero-order valence-corrected chi connectivity index (χ0v) is 16.6. The maximum atomic E-state index is 12.4. The van der Waals surface area contributed by atoms with Crippen molar-refractivity contribution in [1.29, 1.82) is 5.26 Å². The lowest BCUT2D eigenvalue weighted by atomic mass is 9.83. The van der Waals surface area contributed by atoms with E-state index in [1.165, 1.54) is 0 Å². The fraction of sp³-hybridized carbons (Fsp3) is 0.333. The van der Waals surface area contributed by atoms with Crippen LogP contribution in [0.15, 0.2) is 41.4 Å². The van der Waals surface area contributed by atoms with E-state index in [0.717, 1.165) is 38.4 Å². The standard InChI is InChI=1S/C21H22N4OS/c1-4-27(26)15-5-6-20(25-12-21(3,11-22)13-25)16(8-15)17-9-18-19(24-17)7-14(2)10-23-18/h5-10,24H,4,12-13H2,1-3H3. The van der Waals surface area contributed by atoms with E-state index < -0.39 is 10.8 Å². The number of hydrogen-bond donors (Lipinski definition) is 1. The Balaban J connectivity index is 1.82. The van der Waals surface area contributed by atoms with Gasteiger partial charge in [0.25, 0.3) is 0 Å². The van der Waals surface area contributed by atoms with Crippen LogP contribution in [0.5, 0.6) is 0 Å². The number of nitriles is 1. The summed E-state index contributed by atoms with van der Waals surface area (Å²) in [5.74, 6) is 0.586. The van der Waals surface area contributed by atoms with Gasteiger partial charge in [0, 0.05) is 41.2 Å². The van der Waals surface area contributed by atoms with E-state index in [4.69, 9.17) is 0 Å². The molecule has 0 saturated carbocycles. The third-order valence-electron chi connectivity index (χ3n) is 5.08. The van der Waals surface area contributed by atoms with Gasteiger partial charge in [-0.3, -0.25) is 9.19 Å². The highest BCUT2D eigenvalue weighted by Crippen LogP contribution is 2.40. The van der Waals surface area contributed by atoms with Gasteiger partial charge in [0.05, 0.1) is 39.0 Å². The Morgan fingerprint density at radius 2 is 2.11 bits per heavy atom. The van der Waals surface area contributed by atoms with Crippen LogP contribution in [0.3, 0.4) is 0 Å². The minimum absolute atomic E-state index is 0.304. The molecular weight excluding hydrogens is 356 g/mol. The van der Waals surface area contributed by atoms with E-state index in [-0.39, 0.29) is 5.41 Å². The molecule has 1 aromatic carbocycles. The highest BCUT2D eigenvalue weighted by Gasteiger charge is 2.40. The minimum atomic E-state index is -1.02. The van der Waals surface area contributed by atoms with Crippen LogP contribution >= 0.6 is 0 Å². The first-order valence-electron chi connectivity index (χ1n) is 9.07. The first-order valence-corrected chi connectivity index (χ1v) is 10.4. The number of pyridine rings is 1. The molecule has 1 aliphatic heterocycles. The Hall–Kier alpha value is -2.65. The number of rotatable bonds is 4. The molecule has 27 heavy (non-hydrogen) atoms. The van der Waals surface area contributed by atoms with Crippen LogP contribution in [0.25, 0.3) is 22.3 Å². The Labute approximate surface area is 161 Å². The second-order valence-corrected chi connectivity index (χ2v) is 9.21. The molecule has 4 rings (SSSR count). The van der Waals surface area contributed by atoms with Crippen molar-refractivity contribution in [3.8, 4) is 17.3 Å². The summed E-state index contributed by atoms with van der Waals surface area (Å²) in [5.41, 5.74) is 5.72. The zero-order valence-electron chi connectivity index (χ0n) is 15.7. The van der Waals surface area contributed by atoms with Gasteiger partial charge in [0.2, 0.25) is 0 Å². The van der Waals surface area contributed by atoms with Gasteiger partial charge in [0.15, 0.2) is 0 Å². The fourth-order valence-corrected chi connectivity index (χ4v) is 4.41. The van der Waals surface area contributed by atoms with Crippen LogP contribution in [0.2, 0.25) is 0 Å². The minimum Gasteiger partial charge on any atom is -0.368 e. The quantitative estimate of drug-likeness (QED) is 0.744. The molecule has 2 aromatic heterocycles. The van der Waals surface area contributed by atoms with Crippen molar-refractivity contribution in [2.45, 2.75) is 25.7 Å². The maximum absolute atomic E-state index is 12.4. The van der Waals surface area contributed by atoms with Crippen LogP contribution in [-0.4, -0.2) is 33.0 Å². The SMILES string of the molecule is CCS(=O)c1ccc(N2CC(C)(C#N)C2)c(-c2cc3ncc(C)cc3[nH]2)c1. The normalized spacial score (nSPS) is 16.7. The van der Waals surface area contributed by atoms with Crippen molar-refractivity contribution in [1.82, 2.24) is 9.97 Å². The summed E-state index contributed by atoms with van der Waals surface area (Å²) in [6.07, 6.45) is 1.86. The number of nitrogens with one attached hydrogen (secondary N) is 1. The third kappa shape index (κ3) is 3.13. The van der Waals surface area contributed by atoms with Gasteiger partial charge in [-0.25, -0.2) is 0 Å². The van der Waals surface area contributed by atoms with Crippen LogP contribution in [0.1, 0.15) is 19.4 Å². The van der Waals surface area contributed by atoms with E-state index in [1.54, 1.807) is 0 Å². The average molecular weight is 379 g/mol. The van der Waals surface area contributed by atoms with Crippen LogP contribution in [0, 0.1) is 23.7 Å². The second-order valence-electron chi connectivity index (χ2n) is 7.47. The van der Waals surface area contributed by atoms with Crippen LogP contribution in [-0.2, 0) is 10.8 Å². The highest BCUT2D eigenvalue weighted by molar-refractivity contribution is 7.85. The number of anilines is 1. The number of nitrogens with zero attached hydrogens (tertiary/aromatic N) is 3. The predicted molar refractivity (Wildman–Crippen MR) is 109 cm³/mol. The average Bonchev–Trinajstić information content (AvgIpc) is 3.07. The number of benzene rings is 1. The third-order valence-corrected chi connectivity index (χ3v) is 6.38. The molecule has 6 heteroatoms. The van der Waals surface area contributed by atoms with E-state index in [1.807, 2.05) is 51.2 Å². The predicted octanol–water partition coefficient (Wildman–Crippen LogP) is 4.02. The summed E-state index contributed by atoms with van der Waals surface area (Å²) < 4.78 is 12.4. The smallest absolute Gasteiger partial charge is 0.0894 e. The van der Waals surface area contributed by atoms with Crippen molar-refractivity contribution in [3.63, 3.8) is 0 Å². The number of aromatic amines is 1. The first kappa shape index (κ1) is 17.7. The lowest BCUT2D eigenvalue weighted by Gasteiger charge is -2.45. The molecular formula is C21H22N4OS. The molecule has 3 heterocycles. The van der Waals surface area contributed by atoms with Gasteiger partial charge in [-0.15, -0.1) is 0 Å². The first-order chi connectivity index (χ1) is 12.9. The Kier molecular flexibility index (Phi) is 4.27. The summed E-state index contributed by atoms with van der Waals surface area (Å²) in [7, 11) is -1.02. The molecule has 0 bridgehead atoms. The summed E-state index contributed by atoms with van der Waals surface area (Å²) in [5, 5.41) is 9.34. The summed E-state index contributed by atoms with van der Waals surface area (Å²) in [6, 6.07) is 12.5. The van der Waals surface area contributed by atoms with Crippen molar-refractivity contribution in [2.24, 2.45) is 5.41 Å². The van der Waals surface area contributed by atoms with Crippen molar-refractivity contribution >= 4 is 27.5 Å². The lowest BCUT2D eigenvalue weighted by Crippen LogP contribution is -2.54. The Morgan fingerprint density at radius 3 is 2.81 bits per heavy atom. The van der Waals surface area contributed by atoms with E-state index in [0.29, 0.717) is 18.8 Å². The van der Waals surface area contributed by atoms with Crippen molar-refractivity contribution in [2.75, 3.05) is 23.7 Å². The monoisotopic (exact) mass is 378 g/mol. The molecule has 1 fully saturated rings.